The molecule has 0 aromatic heterocycles. The van der Waals surface area contributed by atoms with Gasteiger partial charge >= 0.3 is 0 Å². The van der Waals surface area contributed by atoms with Gasteiger partial charge in [-0.15, -0.1) is 0 Å². The van der Waals surface area contributed by atoms with Gasteiger partial charge in [0.2, 0.25) is 5.91 Å². The average Bonchev–Trinajstić information content (AvgIpc) is 3.38. The summed E-state index contributed by atoms with van der Waals surface area (Å²) in [6.45, 7) is 4.07. The molecule has 0 bridgehead atoms. The zero-order valence-electron chi connectivity index (χ0n) is 17.2. The molecule has 4 aliphatic rings. The highest BCUT2D eigenvalue weighted by Gasteiger charge is 2.34. The number of piperidine rings is 1. The quantitative estimate of drug-likeness (QED) is 0.765. The van der Waals surface area contributed by atoms with Crippen molar-refractivity contribution < 1.29 is 4.79 Å². The van der Waals surface area contributed by atoms with Gasteiger partial charge in [-0.25, -0.2) is 0 Å². The van der Waals surface area contributed by atoms with Gasteiger partial charge in [0.05, 0.1) is 6.42 Å². The second-order valence-corrected chi connectivity index (χ2v) is 9.54. The lowest BCUT2D eigenvalue weighted by Crippen LogP contribution is -2.52. The zero-order chi connectivity index (χ0) is 19.8. The molecule has 0 spiro atoms. The van der Waals surface area contributed by atoms with Crippen LogP contribution in [-0.2, 0) is 17.6 Å². The molecule has 1 aromatic carbocycles. The first-order chi connectivity index (χ1) is 14.2. The van der Waals surface area contributed by atoms with E-state index < -0.39 is 0 Å². The van der Waals surface area contributed by atoms with E-state index in [1.807, 2.05) is 11.9 Å². The molecule has 1 saturated heterocycles. The van der Waals surface area contributed by atoms with Gasteiger partial charge in [-0.1, -0.05) is 36.0 Å². The van der Waals surface area contributed by atoms with Crippen molar-refractivity contribution >= 4 is 22.8 Å². The molecule has 1 aromatic rings. The molecule has 0 unspecified atom stereocenters. The van der Waals surface area contributed by atoms with Crippen molar-refractivity contribution in [1.82, 2.24) is 14.7 Å². The highest BCUT2D eigenvalue weighted by Crippen LogP contribution is 2.32. The molecular weight excluding hydrogens is 380 g/mol. The topological polar surface area (TPSA) is 39.2 Å². The Bertz CT molecular complexity index is 826. The Morgan fingerprint density at radius 1 is 1.21 bits per heavy atom. The van der Waals surface area contributed by atoms with Crippen LogP contribution in [-0.4, -0.2) is 71.1 Å². The van der Waals surface area contributed by atoms with Crippen LogP contribution in [0.25, 0.3) is 0 Å². The molecule has 0 saturated carbocycles. The van der Waals surface area contributed by atoms with E-state index in [2.05, 4.69) is 44.5 Å². The van der Waals surface area contributed by atoms with E-state index in [-0.39, 0.29) is 5.91 Å². The summed E-state index contributed by atoms with van der Waals surface area (Å²) < 4.78 is 0. The molecule has 1 atom stereocenters. The van der Waals surface area contributed by atoms with Gasteiger partial charge < -0.3 is 9.80 Å². The number of thioether (sulfide) groups is 1. The Morgan fingerprint density at radius 3 is 2.79 bits per heavy atom. The van der Waals surface area contributed by atoms with Gasteiger partial charge in [-0.3, -0.25) is 14.7 Å². The summed E-state index contributed by atoms with van der Waals surface area (Å²) in [5, 5.41) is 3.20. The summed E-state index contributed by atoms with van der Waals surface area (Å²) in [6, 6.07) is 9.78. The van der Waals surface area contributed by atoms with Crippen LogP contribution in [0.4, 0.5) is 0 Å². The fourth-order valence-corrected chi connectivity index (χ4v) is 6.14. The first-order valence-electron chi connectivity index (χ1n) is 10.9. The largest absolute Gasteiger partial charge is 0.341 e. The molecule has 6 heteroatoms. The molecule has 154 valence electrons. The predicted molar refractivity (Wildman–Crippen MR) is 119 cm³/mol. The Hall–Kier alpha value is -1.79. The Labute approximate surface area is 177 Å². The predicted octanol–water partition coefficient (Wildman–Crippen LogP) is 3.12. The number of likely N-dealkylation sites (N-methyl/N-ethyl adjacent to an activating group) is 1. The van der Waals surface area contributed by atoms with Crippen molar-refractivity contribution in [2.75, 3.05) is 33.2 Å². The Kier molecular flexibility index (Phi) is 5.39. The van der Waals surface area contributed by atoms with Gasteiger partial charge in [0.15, 0.2) is 5.17 Å². The third kappa shape index (κ3) is 3.84. The summed E-state index contributed by atoms with van der Waals surface area (Å²) in [5.41, 5.74) is 4.15. The Morgan fingerprint density at radius 2 is 2.00 bits per heavy atom. The number of amidine groups is 1. The number of benzene rings is 1. The number of nitrogens with zero attached hydrogens (tertiary/aromatic N) is 4. The number of likely N-dealkylation sites (tertiary alicyclic amines) is 1. The van der Waals surface area contributed by atoms with Crippen molar-refractivity contribution in [2.24, 2.45) is 4.99 Å². The number of hydrogen-bond donors (Lipinski definition) is 0. The third-order valence-corrected chi connectivity index (χ3v) is 7.86. The number of carbonyl (C=O) groups excluding carboxylic acids is 1. The van der Waals surface area contributed by atoms with Gasteiger partial charge in [0.25, 0.3) is 0 Å². The van der Waals surface area contributed by atoms with Gasteiger partial charge in [0, 0.05) is 44.5 Å². The molecule has 1 aliphatic carbocycles. The smallest absolute Gasteiger partial charge is 0.228 e. The maximum Gasteiger partial charge on any atom is 0.228 e. The normalized spacial score (nSPS) is 24.7. The van der Waals surface area contributed by atoms with Crippen LogP contribution in [0.15, 0.2) is 40.4 Å². The van der Waals surface area contributed by atoms with Crippen LogP contribution in [0.3, 0.4) is 0 Å². The van der Waals surface area contributed by atoms with Crippen LogP contribution in [0, 0.1) is 0 Å². The lowest BCUT2D eigenvalue weighted by atomic mass is 10.0. The SMILES string of the molecule is CN(C(=O)CC1=CSC2=NCCCN12)[C@@H]1CCCN(C2Cc3ccccc3C2)C1. The number of rotatable bonds is 4. The average molecular weight is 411 g/mol. The fraction of sp³-hybridized carbons (Fsp3) is 0.565. The molecule has 3 aliphatic heterocycles. The minimum atomic E-state index is 0.241. The van der Waals surface area contributed by atoms with E-state index in [0.717, 1.165) is 62.7 Å². The van der Waals surface area contributed by atoms with Crippen LogP contribution in [0.5, 0.6) is 0 Å². The summed E-state index contributed by atoms with van der Waals surface area (Å²) >= 11 is 1.67. The van der Waals surface area contributed by atoms with E-state index in [0.29, 0.717) is 18.5 Å². The number of carbonyl (C=O) groups is 1. The van der Waals surface area contributed by atoms with Gasteiger partial charge in [-0.2, -0.15) is 0 Å². The molecule has 1 amide bonds. The summed E-state index contributed by atoms with van der Waals surface area (Å²) in [4.78, 5) is 24.5. The zero-order valence-corrected chi connectivity index (χ0v) is 18.0. The van der Waals surface area contributed by atoms with Gasteiger partial charge in [-0.05, 0) is 55.2 Å². The van der Waals surface area contributed by atoms with Crippen LogP contribution in [0.2, 0.25) is 0 Å². The number of amides is 1. The second kappa shape index (κ2) is 8.15. The minimum absolute atomic E-state index is 0.241. The van der Waals surface area contributed by atoms with Crippen molar-refractivity contribution in [1.29, 1.82) is 0 Å². The summed E-state index contributed by atoms with van der Waals surface area (Å²) in [7, 11) is 2.01. The molecule has 5 rings (SSSR count). The monoisotopic (exact) mass is 410 g/mol. The first-order valence-corrected chi connectivity index (χ1v) is 11.8. The number of aliphatic imine (C=N–C) groups is 1. The third-order valence-electron chi connectivity index (χ3n) is 6.91. The molecular formula is C23H30N4OS. The standard InChI is InChI=1S/C23H30N4OS/c1-25(22(28)14-21-16-29-23-24-9-5-11-27(21)23)19-8-4-10-26(15-19)20-12-17-6-2-3-7-18(17)13-20/h2-3,6-7,16,19-20H,4-5,8-15H2,1H3/t19-/m1/s1. The van der Waals surface area contributed by atoms with Crippen molar-refractivity contribution in [3.05, 3.63) is 46.5 Å². The van der Waals surface area contributed by atoms with Crippen LogP contribution < -0.4 is 0 Å². The van der Waals surface area contributed by atoms with Crippen LogP contribution in [0.1, 0.15) is 36.8 Å². The number of fused-ring (bicyclic) bond motifs is 2. The Balaban J connectivity index is 1.19. The highest BCUT2D eigenvalue weighted by molar-refractivity contribution is 8.16. The van der Waals surface area contributed by atoms with E-state index in [1.54, 1.807) is 11.8 Å². The highest BCUT2D eigenvalue weighted by atomic mass is 32.2. The van der Waals surface area contributed by atoms with Crippen LogP contribution >= 0.6 is 11.8 Å². The van der Waals surface area contributed by atoms with E-state index in [4.69, 9.17) is 0 Å². The minimum Gasteiger partial charge on any atom is -0.341 e. The first kappa shape index (κ1) is 19.2. The van der Waals surface area contributed by atoms with Crippen molar-refractivity contribution in [3.8, 4) is 0 Å². The lowest BCUT2D eigenvalue weighted by molar-refractivity contribution is -0.132. The number of hydrogen-bond acceptors (Lipinski definition) is 5. The second-order valence-electron chi connectivity index (χ2n) is 8.70. The molecule has 5 nitrogen and oxygen atoms in total. The lowest BCUT2D eigenvalue weighted by Gasteiger charge is -2.40. The van der Waals surface area contributed by atoms with Gasteiger partial charge in [0.1, 0.15) is 0 Å². The molecule has 3 heterocycles. The molecule has 29 heavy (non-hydrogen) atoms. The molecule has 0 N–H and O–H groups in total. The molecule has 1 fully saturated rings. The van der Waals surface area contributed by atoms with Crippen molar-refractivity contribution in [2.45, 2.75) is 50.6 Å². The maximum absolute atomic E-state index is 13.1. The van der Waals surface area contributed by atoms with E-state index in [1.165, 1.54) is 17.5 Å². The maximum atomic E-state index is 13.1. The van der Waals surface area contributed by atoms with E-state index >= 15 is 0 Å². The fourth-order valence-electron chi connectivity index (χ4n) is 5.18. The van der Waals surface area contributed by atoms with Crippen molar-refractivity contribution in [3.63, 3.8) is 0 Å². The summed E-state index contributed by atoms with van der Waals surface area (Å²) in [5.74, 6) is 0.241. The molecule has 0 radical (unpaired) electrons. The summed E-state index contributed by atoms with van der Waals surface area (Å²) in [6.07, 6.45) is 6.17. The van der Waals surface area contributed by atoms with E-state index in [9.17, 15) is 4.79 Å².